The minimum atomic E-state index is -0.928. The number of carboxylic acid groups (broad SMARTS) is 1. The number of benzene rings is 1. The molecule has 1 aliphatic heterocycles. The Kier molecular flexibility index (Phi) is 3.71. The molecule has 5 heteroatoms. The van der Waals surface area contributed by atoms with Crippen LogP contribution in [0.2, 0.25) is 0 Å². The predicted octanol–water partition coefficient (Wildman–Crippen LogP) is 2.40. The van der Waals surface area contributed by atoms with Gasteiger partial charge in [0.25, 0.3) is 0 Å². The first kappa shape index (κ1) is 13.1. The zero-order valence-electron chi connectivity index (χ0n) is 10.0. The lowest BCUT2D eigenvalue weighted by Crippen LogP contribution is -2.28. The molecule has 4 nitrogen and oxygen atoms in total. The Balaban J connectivity index is 2.02. The molecule has 1 N–H and O–H groups in total. The van der Waals surface area contributed by atoms with Crippen molar-refractivity contribution in [2.45, 2.75) is 26.4 Å². The van der Waals surface area contributed by atoms with Gasteiger partial charge in [-0.25, -0.2) is 0 Å². The topological polar surface area (TPSA) is 57.6 Å². The molecular weight excluding hydrogens is 298 g/mol. The van der Waals surface area contributed by atoms with Gasteiger partial charge in [0.15, 0.2) is 0 Å². The van der Waals surface area contributed by atoms with Crippen molar-refractivity contribution >= 4 is 27.8 Å². The number of carboxylic acids is 1. The maximum absolute atomic E-state index is 12.0. The third-order valence-corrected chi connectivity index (χ3v) is 3.64. The number of carbonyl (C=O) groups excluding carboxylic acids is 1. The molecule has 0 radical (unpaired) electrons. The fourth-order valence-corrected chi connectivity index (χ4v) is 2.43. The van der Waals surface area contributed by atoms with Gasteiger partial charge in [0.05, 0.1) is 5.92 Å². The van der Waals surface area contributed by atoms with Crippen molar-refractivity contribution in [3.8, 4) is 0 Å². The van der Waals surface area contributed by atoms with E-state index >= 15 is 0 Å². The van der Waals surface area contributed by atoms with E-state index in [1.165, 1.54) is 0 Å². The molecule has 0 fully saturated rings. The quantitative estimate of drug-likeness (QED) is 0.932. The third kappa shape index (κ3) is 2.72. The summed E-state index contributed by atoms with van der Waals surface area (Å²) in [5.41, 5.74) is 2.26. The first-order chi connectivity index (χ1) is 8.47. The summed E-state index contributed by atoms with van der Waals surface area (Å²) in [7, 11) is 0. The van der Waals surface area contributed by atoms with E-state index in [9.17, 15) is 9.59 Å². The van der Waals surface area contributed by atoms with Crippen LogP contribution in [-0.4, -0.2) is 21.9 Å². The summed E-state index contributed by atoms with van der Waals surface area (Å²) in [4.78, 5) is 24.4. The average molecular weight is 312 g/mol. The molecule has 18 heavy (non-hydrogen) atoms. The number of rotatable bonds is 3. The zero-order valence-corrected chi connectivity index (χ0v) is 11.6. The van der Waals surface area contributed by atoms with Crippen molar-refractivity contribution in [3.63, 3.8) is 0 Å². The molecule has 0 saturated heterocycles. The SMILES string of the molecule is C[C@@H](CC(=O)N1Cc2ccc(Br)cc2C1)C(=O)O. The van der Waals surface area contributed by atoms with Crippen LogP contribution in [0.4, 0.5) is 0 Å². The number of hydrogen-bond donors (Lipinski definition) is 1. The summed E-state index contributed by atoms with van der Waals surface area (Å²) in [6.45, 7) is 2.70. The Morgan fingerprint density at radius 2 is 2.06 bits per heavy atom. The highest BCUT2D eigenvalue weighted by Gasteiger charge is 2.26. The Morgan fingerprint density at radius 3 is 2.72 bits per heavy atom. The Labute approximate surface area is 114 Å². The molecule has 1 aromatic rings. The molecule has 1 heterocycles. The van der Waals surface area contributed by atoms with Gasteiger partial charge in [0.1, 0.15) is 0 Å². The molecular formula is C13H14BrNO3. The molecule has 0 saturated carbocycles. The largest absolute Gasteiger partial charge is 0.481 e. The second-order valence-electron chi connectivity index (χ2n) is 4.61. The molecule has 0 bridgehead atoms. The molecule has 1 amide bonds. The van der Waals surface area contributed by atoms with Gasteiger partial charge < -0.3 is 10.0 Å². The Bertz CT molecular complexity index is 501. The second kappa shape index (κ2) is 5.10. The second-order valence-corrected chi connectivity index (χ2v) is 5.52. The van der Waals surface area contributed by atoms with Gasteiger partial charge in [-0.3, -0.25) is 9.59 Å². The van der Waals surface area contributed by atoms with E-state index in [-0.39, 0.29) is 12.3 Å². The summed E-state index contributed by atoms with van der Waals surface area (Å²) in [5.74, 6) is -1.66. The lowest BCUT2D eigenvalue weighted by molar-refractivity contribution is -0.145. The third-order valence-electron chi connectivity index (χ3n) is 3.15. The van der Waals surface area contributed by atoms with E-state index < -0.39 is 11.9 Å². The van der Waals surface area contributed by atoms with E-state index in [0.717, 1.165) is 15.6 Å². The van der Waals surface area contributed by atoms with Crippen LogP contribution < -0.4 is 0 Å². The number of nitrogens with zero attached hydrogens (tertiary/aromatic N) is 1. The minimum absolute atomic E-state index is 0.0600. The van der Waals surface area contributed by atoms with Crippen LogP contribution in [0.15, 0.2) is 22.7 Å². The van der Waals surface area contributed by atoms with Gasteiger partial charge in [-0.15, -0.1) is 0 Å². The van der Waals surface area contributed by atoms with Crippen LogP contribution in [0.1, 0.15) is 24.5 Å². The maximum Gasteiger partial charge on any atom is 0.306 e. The molecule has 0 spiro atoms. The molecule has 2 rings (SSSR count). The van der Waals surface area contributed by atoms with Crippen LogP contribution >= 0.6 is 15.9 Å². The van der Waals surface area contributed by atoms with Gasteiger partial charge in [-0.05, 0) is 23.3 Å². The van der Waals surface area contributed by atoms with E-state index in [2.05, 4.69) is 15.9 Å². The summed E-state index contributed by atoms with van der Waals surface area (Å²) >= 11 is 3.40. The molecule has 0 unspecified atom stereocenters. The van der Waals surface area contributed by atoms with Crippen LogP contribution in [0, 0.1) is 5.92 Å². The van der Waals surface area contributed by atoms with Crippen LogP contribution in [0.5, 0.6) is 0 Å². The highest BCUT2D eigenvalue weighted by atomic mass is 79.9. The zero-order chi connectivity index (χ0) is 13.3. The van der Waals surface area contributed by atoms with Gasteiger partial charge >= 0.3 is 5.97 Å². The molecule has 1 aromatic carbocycles. The van der Waals surface area contributed by atoms with Crippen LogP contribution in [0.3, 0.4) is 0 Å². The van der Waals surface area contributed by atoms with Crippen molar-refractivity contribution in [1.29, 1.82) is 0 Å². The van der Waals surface area contributed by atoms with Crippen molar-refractivity contribution < 1.29 is 14.7 Å². The van der Waals surface area contributed by atoms with E-state index in [1.54, 1.807) is 11.8 Å². The molecule has 1 atom stereocenters. The van der Waals surface area contributed by atoms with E-state index in [1.807, 2.05) is 18.2 Å². The monoisotopic (exact) mass is 311 g/mol. The number of amides is 1. The molecule has 0 aromatic heterocycles. The van der Waals surface area contributed by atoms with Crippen molar-refractivity contribution in [1.82, 2.24) is 4.90 Å². The van der Waals surface area contributed by atoms with E-state index in [4.69, 9.17) is 5.11 Å². The smallest absolute Gasteiger partial charge is 0.306 e. The maximum atomic E-state index is 12.0. The number of carbonyl (C=O) groups is 2. The summed E-state index contributed by atoms with van der Waals surface area (Å²) < 4.78 is 0.995. The molecule has 0 aliphatic carbocycles. The fraction of sp³-hybridized carbons (Fsp3) is 0.385. The van der Waals surface area contributed by atoms with Crippen LogP contribution in [-0.2, 0) is 22.7 Å². The van der Waals surface area contributed by atoms with Crippen molar-refractivity contribution in [2.75, 3.05) is 0 Å². The Morgan fingerprint density at radius 1 is 1.39 bits per heavy atom. The van der Waals surface area contributed by atoms with Crippen LogP contribution in [0.25, 0.3) is 0 Å². The van der Waals surface area contributed by atoms with Crippen molar-refractivity contribution in [3.05, 3.63) is 33.8 Å². The first-order valence-electron chi connectivity index (χ1n) is 5.75. The molecule has 1 aliphatic rings. The van der Waals surface area contributed by atoms with Gasteiger partial charge in [0.2, 0.25) is 5.91 Å². The number of fused-ring (bicyclic) bond motifs is 1. The molecule has 96 valence electrons. The fourth-order valence-electron chi connectivity index (χ4n) is 2.02. The summed E-state index contributed by atoms with van der Waals surface area (Å²) in [5, 5.41) is 8.81. The number of hydrogen-bond acceptors (Lipinski definition) is 2. The highest BCUT2D eigenvalue weighted by molar-refractivity contribution is 9.10. The van der Waals surface area contributed by atoms with Crippen molar-refractivity contribution in [2.24, 2.45) is 5.92 Å². The lowest BCUT2D eigenvalue weighted by Gasteiger charge is -2.16. The van der Waals surface area contributed by atoms with Gasteiger partial charge in [-0.2, -0.15) is 0 Å². The average Bonchev–Trinajstić information content (AvgIpc) is 2.71. The highest BCUT2D eigenvalue weighted by Crippen LogP contribution is 2.26. The lowest BCUT2D eigenvalue weighted by atomic mass is 10.1. The van der Waals surface area contributed by atoms with E-state index in [0.29, 0.717) is 13.1 Å². The standard InChI is InChI=1S/C13H14BrNO3/c1-8(13(17)18)4-12(16)15-6-9-2-3-11(14)5-10(9)7-15/h2-3,5,8H,4,6-7H2,1H3,(H,17,18)/t8-/m0/s1. The summed E-state index contributed by atoms with van der Waals surface area (Å²) in [6.07, 6.45) is 0.0600. The number of halogens is 1. The normalized spacial score (nSPS) is 15.3. The Hall–Kier alpha value is -1.36. The van der Waals surface area contributed by atoms with Gasteiger partial charge in [-0.1, -0.05) is 28.9 Å². The number of aliphatic carboxylic acids is 1. The first-order valence-corrected chi connectivity index (χ1v) is 6.54. The van der Waals surface area contributed by atoms with Gasteiger partial charge in [0, 0.05) is 24.0 Å². The summed E-state index contributed by atoms with van der Waals surface area (Å²) in [6, 6.07) is 5.95. The predicted molar refractivity (Wildman–Crippen MR) is 69.8 cm³/mol. The minimum Gasteiger partial charge on any atom is -0.481 e.